The van der Waals surface area contributed by atoms with Crippen LogP contribution in [0.2, 0.25) is 5.02 Å². The van der Waals surface area contributed by atoms with Crippen molar-refractivity contribution in [3.63, 3.8) is 0 Å². The highest BCUT2D eigenvalue weighted by molar-refractivity contribution is 9.10. The van der Waals surface area contributed by atoms with Gasteiger partial charge >= 0.3 is 0 Å². The fraction of sp³-hybridized carbons (Fsp3) is 0.167. The Kier molecular flexibility index (Phi) is 8.95. The largest absolute Gasteiger partial charge is 0.490 e. The number of hydrogen-bond donors (Lipinski definition) is 1. The third kappa shape index (κ3) is 7.28. The molecule has 3 aromatic carbocycles. The van der Waals surface area contributed by atoms with Gasteiger partial charge in [-0.25, -0.2) is 5.43 Å². The summed E-state index contributed by atoms with van der Waals surface area (Å²) in [6.45, 7) is 2.62. The Morgan fingerprint density at radius 2 is 1.81 bits per heavy atom. The molecule has 6 nitrogen and oxygen atoms in total. The highest BCUT2D eigenvalue weighted by Crippen LogP contribution is 2.37. The molecule has 0 fully saturated rings. The lowest BCUT2D eigenvalue weighted by Gasteiger charge is -2.14. The summed E-state index contributed by atoms with van der Waals surface area (Å²) in [6.07, 6.45) is 1.52. The van der Waals surface area contributed by atoms with Crippen LogP contribution in [0.1, 0.15) is 18.1 Å². The summed E-state index contributed by atoms with van der Waals surface area (Å²) in [6, 6.07) is 20.3. The molecule has 8 heteroatoms. The molecule has 0 saturated carbocycles. The topological polar surface area (TPSA) is 69.2 Å². The zero-order valence-corrected chi connectivity index (χ0v) is 19.7. The number of nitrogens with zero attached hydrogens (tertiary/aromatic N) is 1. The Hall–Kier alpha value is -3.03. The Labute approximate surface area is 200 Å². The number of nitrogens with one attached hydrogen (secondary N) is 1. The van der Waals surface area contributed by atoms with Crippen LogP contribution in [-0.2, 0) is 11.4 Å². The minimum atomic E-state index is -0.386. The summed E-state index contributed by atoms with van der Waals surface area (Å²) in [5, 5.41) is 4.59. The third-order valence-corrected chi connectivity index (χ3v) is 4.99. The van der Waals surface area contributed by atoms with E-state index in [1.54, 1.807) is 30.3 Å². The van der Waals surface area contributed by atoms with Gasteiger partial charge in [-0.05, 0) is 70.4 Å². The van der Waals surface area contributed by atoms with E-state index in [-0.39, 0.29) is 12.5 Å². The number of ether oxygens (including phenoxy) is 3. The average molecular weight is 518 g/mol. The third-order valence-electron chi connectivity index (χ3n) is 4.14. The first kappa shape index (κ1) is 23.6. The van der Waals surface area contributed by atoms with Crippen molar-refractivity contribution in [2.75, 3.05) is 13.2 Å². The summed E-state index contributed by atoms with van der Waals surface area (Å²) in [4.78, 5) is 12.0. The number of hydrazone groups is 1. The van der Waals surface area contributed by atoms with Crippen LogP contribution in [0.3, 0.4) is 0 Å². The molecular weight excluding hydrogens is 496 g/mol. The molecule has 0 aliphatic rings. The number of halogens is 2. The lowest BCUT2D eigenvalue weighted by Crippen LogP contribution is -2.24. The van der Waals surface area contributed by atoms with Crippen LogP contribution >= 0.6 is 27.5 Å². The number of hydrogen-bond acceptors (Lipinski definition) is 5. The van der Waals surface area contributed by atoms with E-state index in [2.05, 4.69) is 26.5 Å². The second-order valence-corrected chi connectivity index (χ2v) is 7.86. The van der Waals surface area contributed by atoms with E-state index in [0.717, 1.165) is 15.6 Å². The van der Waals surface area contributed by atoms with Gasteiger partial charge in [-0.1, -0.05) is 41.9 Å². The molecule has 0 spiro atoms. The summed E-state index contributed by atoms with van der Waals surface area (Å²) < 4.78 is 17.8. The highest BCUT2D eigenvalue weighted by Gasteiger charge is 2.12. The molecule has 0 radical (unpaired) electrons. The quantitative estimate of drug-likeness (QED) is 0.280. The maximum atomic E-state index is 12.0. The summed E-state index contributed by atoms with van der Waals surface area (Å²) in [5.74, 6) is 1.35. The van der Waals surface area contributed by atoms with Gasteiger partial charge in [0.1, 0.15) is 12.4 Å². The van der Waals surface area contributed by atoms with Crippen LogP contribution in [0, 0.1) is 0 Å². The SMILES string of the molecule is CCOc1cc(/C=N\NC(=O)COc2ccc(Cl)cc2)cc(Br)c1OCc1ccccc1. The molecule has 0 unspecified atom stereocenters. The van der Waals surface area contributed by atoms with Gasteiger partial charge in [-0.2, -0.15) is 5.10 Å². The lowest BCUT2D eigenvalue weighted by molar-refractivity contribution is -0.123. The van der Waals surface area contributed by atoms with E-state index in [1.165, 1.54) is 6.21 Å². The second kappa shape index (κ2) is 12.1. The van der Waals surface area contributed by atoms with Gasteiger partial charge in [0.2, 0.25) is 0 Å². The van der Waals surface area contributed by atoms with Gasteiger partial charge < -0.3 is 14.2 Å². The van der Waals surface area contributed by atoms with E-state index in [4.69, 9.17) is 25.8 Å². The van der Waals surface area contributed by atoms with E-state index >= 15 is 0 Å². The summed E-state index contributed by atoms with van der Waals surface area (Å²) in [5.41, 5.74) is 4.22. The lowest BCUT2D eigenvalue weighted by atomic mass is 10.2. The van der Waals surface area contributed by atoms with Gasteiger partial charge in [0, 0.05) is 5.02 Å². The summed E-state index contributed by atoms with van der Waals surface area (Å²) >= 11 is 9.36. The van der Waals surface area contributed by atoms with Gasteiger partial charge in [0.05, 0.1) is 17.3 Å². The van der Waals surface area contributed by atoms with Gasteiger partial charge in [0.25, 0.3) is 5.91 Å². The number of benzene rings is 3. The van der Waals surface area contributed by atoms with Crippen LogP contribution in [0.5, 0.6) is 17.2 Å². The van der Waals surface area contributed by atoms with Crippen LogP contribution in [0.15, 0.2) is 76.3 Å². The molecule has 0 atom stereocenters. The van der Waals surface area contributed by atoms with Gasteiger partial charge in [0.15, 0.2) is 18.1 Å². The molecule has 0 heterocycles. The van der Waals surface area contributed by atoms with Crippen LogP contribution < -0.4 is 19.6 Å². The maximum Gasteiger partial charge on any atom is 0.277 e. The van der Waals surface area contributed by atoms with Crippen molar-refractivity contribution in [3.05, 3.63) is 87.4 Å². The van der Waals surface area contributed by atoms with Crippen LogP contribution in [0.25, 0.3) is 0 Å². The van der Waals surface area contributed by atoms with Crippen molar-refractivity contribution >= 4 is 39.7 Å². The van der Waals surface area contributed by atoms with Crippen molar-refractivity contribution in [3.8, 4) is 17.2 Å². The maximum absolute atomic E-state index is 12.0. The first-order chi connectivity index (χ1) is 15.5. The molecule has 0 aromatic heterocycles. The molecule has 0 bridgehead atoms. The van der Waals surface area contributed by atoms with Crippen LogP contribution in [0.4, 0.5) is 0 Å². The number of rotatable bonds is 10. The minimum Gasteiger partial charge on any atom is -0.490 e. The normalized spacial score (nSPS) is 10.7. The smallest absolute Gasteiger partial charge is 0.277 e. The zero-order valence-electron chi connectivity index (χ0n) is 17.4. The molecule has 0 aliphatic heterocycles. The molecule has 0 saturated heterocycles. The second-order valence-electron chi connectivity index (χ2n) is 6.57. The van der Waals surface area contributed by atoms with E-state index < -0.39 is 0 Å². The van der Waals surface area contributed by atoms with Gasteiger partial charge in [-0.15, -0.1) is 0 Å². The van der Waals surface area contributed by atoms with Crippen molar-refractivity contribution in [2.24, 2.45) is 5.10 Å². The van der Waals surface area contributed by atoms with E-state index in [0.29, 0.717) is 35.5 Å². The predicted octanol–water partition coefficient (Wildman–Crippen LogP) is 5.61. The number of carbonyl (C=O) groups is 1. The molecule has 32 heavy (non-hydrogen) atoms. The highest BCUT2D eigenvalue weighted by atomic mass is 79.9. The first-order valence-electron chi connectivity index (χ1n) is 9.88. The van der Waals surface area contributed by atoms with Crippen molar-refractivity contribution in [1.82, 2.24) is 5.43 Å². The molecule has 3 aromatic rings. The standard InChI is InChI=1S/C24H22BrClN2O4/c1-2-30-22-13-18(12-21(25)24(22)32-15-17-6-4-3-5-7-17)14-27-28-23(29)16-31-20-10-8-19(26)9-11-20/h3-14H,2,15-16H2,1H3,(H,28,29)/b27-14-. The Bertz CT molecular complexity index is 1060. The fourth-order valence-corrected chi connectivity index (χ4v) is 3.39. The molecule has 1 N–H and O–H groups in total. The Balaban J connectivity index is 1.59. The van der Waals surface area contributed by atoms with Gasteiger partial charge in [-0.3, -0.25) is 4.79 Å². The molecule has 0 aliphatic carbocycles. The molecule has 166 valence electrons. The Morgan fingerprint density at radius 3 is 2.53 bits per heavy atom. The monoisotopic (exact) mass is 516 g/mol. The van der Waals surface area contributed by atoms with E-state index in [9.17, 15) is 4.79 Å². The molecule has 3 rings (SSSR count). The average Bonchev–Trinajstić information content (AvgIpc) is 2.79. The Morgan fingerprint density at radius 1 is 1.06 bits per heavy atom. The zero-order chi connectivity index (χ0) is 22.8. The number of carbonyl (C=O) groups excluding carboxylic acids is 1. The van der Waals surface area contributed by atoms with Crippen molar-refractivity contribution in [2.45, 2.75) is 13.5 Å². The van der Waals surface area contributed by atoms with E-state index in [1.807, 2.05) is 43.3 Å². The summed E-state index contributed by atoms with van der Waals surface area (Å²) in [7, 11) is 0. The molecular formula is C24H22BrClN2O4. The first-order valence-corrected chi connectivity index (χ1v) is 11.1. The minimum absolute atomic E-state index is 0.168. The number of amides is 1. The predicted molar refractivity (Wildman–Crippen MR) is 129 cm³/mol. The van der Waals surface area contributed by atoms with Crippen molar-refractivity contribution < 1.29 is 19.0 Å². The van der Waals surface area contributed by atoms with Crippen molar-refractivity contribution in [1.29, 1.82) is 0 Å². The molecule has 1 amide bonds. The van der Waals surface area contributed by atoms with Crippen LogP contribution in [-0.4, -0.2) is 25.3 Å². The fourth-order valence-electron chi connectivity index (χ4n) is 2.69.